The van der Waals surface area contributed by atoms with Crippen molar-refractivity contribution in [1.29, 1.82) is 0 Å². The van der Waals surface area contributed by atoms with Crippen LogP contribution in [-0.2, 0) is 16.4 Å². The summed E-state index contributed by atoms with van der Waals surface area (Å²) in [5, 5.41) is 5.16. The van der Waals surface area contributed by atoms with E-state index in [1.807, 2.05) is 18.3 Å². The van der Waals surface area contributed by atoms with E-state index >= 15 is 0 Å². The second-order valence-electron chi connectivity index (χ2n) is 5.34. The fourth-order valence-corrected chi connectivity index (χ4v) is 3.60. The smallest absolute Gasteiger partial charge is 0.148 e. The first-order valence-corrected chi connectivity index (χ1v) is 10.1. The maximum absolute atomic E-state index is 11.1. The molecule has 3 rings (SSSR count). The van der Waals surface area contributed by atoms with Gasteiger partial charge in [0, 0.05) is 37.1 Å². The van der Waals surface area contributed by atoms with Gasteiger partial charge in [-0.05, 0) is 17.7 Å². The number of rotatable bonds is 6. The first kappa shape index (κ1) is 16.0. The standard InChI is InChI=1S/C16H17N3O2S2/c1-23(20,21)8-7-17-11-16-19-10-15(22-16)13-5-4-12-3-2-6-18-14(12)9-13/h2-6,9-10,17H,7-8,11H2,1H3. The van der Waals surface area contributed by atoms with Gasteiger partial charge in [-0.3, -0.25) is 4.98 Å². The number of benzene rings is 1. The van der Waals surface area contributed by atoms with Crippen LogP contribution in [0.5, 0.6) is 0 Å². The average Bonchev–Trinajstić information content (AvgIpc) is 2.99. The molecule has 1 aromatic carbocycles. The molecule has 2 aromatic heterocycles. The Morgan fingerprint density at radius 2 is 2.09 bits per heavy atom. The van der Waals surface area contributed by atoms with E-state index in [-0.39, 0.29) is 5.75 Å². The van der Waals surface area contributed by atoms with Gasteiger partial charge < -0.3 is 5.32 Å². The fraction of sp³-hybridized carbons (Fsp3) is 0.250. The van der Waals surface area contributed by atoms with Gasteiger partial charge in [0.1, 0.15) is 14.8 Å². The van der Waals surface area contributed by atoms with Crippen LogP contribution >= 0.6 is 11.3 Å². The topological polar surface area (TPSA) is 72.0 Å². The van der Waals surface area contributed by atoms with Crippen LogP contribution in [0.25, 0.3) is 21.3 Å². The van der Waals surface area contributed by atoms with E-state index in [0.717, 1.165) is 26.4 Å². The van der Waals surface area contributed by atoms with Crippen molar-refractivity contribution in [3.63, 3.8) is 0 Å². The van der Waals surface area contributed by atoms with Crippen LogP contribution in [0, 0.1) is 0 Å². The van der Waals surface area contributed by atoms with E-state index in [0.29, 0.717) is 13.1 Å². The first-order chi connectivity index (χ1) is 11.0. The van der Waals surface area contributed by atoms with Crippen molar-refractivity contribution >= 4 is 32.1 Å². The van der Waals surface area contributed by atoms with Crippen molar-refractivity contribution in [1.82, 2.24) is 15.3 Å². The van der Waals surface area contributed by atoms with E-state index in [1.54, 1.807) is 17.5 Å². The molecule has 23 heavy (non-hydrogen) atoms. The molecule has 0 saturated heterocycles. The number of sulfone groups is 1. The highest BCUT2D eigenvalue weighted by molar-refractivity contribution is 7.90. The molecule has 120 valence electrons. The molecule has 2 heterocycles. The van der Waals surface area contributed by atoms with Gasteiger partial charge in [0.15, 0.2) is 0 Å². The monoisotopic (exact) mass is 347 g/mol. The molecule has 0 aliphatic carbocycles. The van der Waals surface area contributed by atoms with E-state index < -0.39 is 9.84 Å². The molecule has 0 bridgehead atoms. The van der Waals surface area contributed by atoms with Gasteiger partial charge in [-0.2, -0.15) is 0 Å². The summed E-state index contributed by atoms with van der Waals surface area (Å²) in [4.78, 5) is 9.85. The summed E-state index contributed by atoms with van der Waals surface area (Å²) in [6, 6.07) is 10.1. The second-order valence-corrected chi connectivity index (χ2v) is 8.71. The molecular weight excluding hydrogens is 330 g/mol. The summed E-state index contributed by atoms with van der Waals surface area (Å²) in [5.41, 5.74) is 2.06. The van der Waals surface area contributed by atoms with Crippen LogP contribution in [0.15, 0.2) is 42.7 Å². The Bertz CT molecular complexity index is 920. The molecular formula is C16H17N3O2S2. The summed E-state index contributed by atoms with van der Waals surface area (Å²) < 4.78 is 22.2. The predicted octanol–water partition coefficient (Wildman–Crippen LogP) is 2.49. The predicted molar refractivity (Wildman–Crippen MR) is 94.3 cm³/mol. The number of thiazole rings is 1. The maximum Gasteiger partial charge on any atom is 0.148 e. The Morgan fingerprint density at radius 1 is 1.22 bits per heavy atom. The van der Waals surface area contributed by atoms with Crippen LogP contribution in [0.2, 0.25) is 0 Å². The lowest BCUT2D eigenvalue weighted by atomic mass is 10.1. The Balaban J connectivity index is 1.68. The lowest BCUT2D eigenvalue weighted by Crippen LogP contribution is -2.21. The normalized spacial score (nSPS) is 11.9. The van der Waals surface area contributed by atoms with Crippen molar-refractivity contribution in [2.45, 2.75) is 6.54 Å². The van der Waals surface area contributed by atoms with Crippen LogP contribution < -0.4 is 5.32 Å². The Labute approximate surface area is 139 Å². The van der Waals surface area contributed by atoms with E-state index in [9.17, 15) is 8.42 Å². The second kappa shape index (κ2) is 6.74. The zero-order valence-corrected chi connectivity index (χ0v) is 14.3. The molecule has 0 amide bonds. The SMILES string of the molecule is CS(=O)(=O)CCNCc1ncc(-c2ccc3cccnc3c2)s1. The number of hydrogen-bond acceptors (Lipinski definition) is 6. The minimum Gasteiger partial charge on any atom is -0.309 e. The summed E-state index contributed by atoms with van der Waals surface area (Å²) >= 11 is 1.60. The lowest BCUT2D eigenvalue weighted by Gasteiger charge is -2.01. The van der Waals surface area contributed by atoms with Gasteiger partial charge in [0.2, 0.25) is 0 Å². The third kappa shape index (κ3) is 4.34. The highest BCUT2D eigenvalue weighted by Gasteiger charge is 2.06. The zero-order valence-electron chi connectivity index (χ0n) is 12.7. The van der Waals surface area contributed by atoms with E-state index in [4.69, 9.17) is 0 Å². The highest BCUT2D eigenvalue weighted by atomic mass is 32.2. The number of nitrogens with zero attached hydrogens (tertiary/aromatic N) is 2. The molecule has 0 atom stereocenters. The Hall–Kier alpha value is -1.83. The van der Waals surface area contributed by atoms with Crippen molar-refractivity contribution in [2.24, 2.45) is 0 Å². The van der Waals surface area contributed by atoms with Crippen molar-refractivity contribution < 1.29 is 8.42 Å². The summed E-state index contributed by atoms with van der Waals surface area (Å²) in [5.74, 6) is 0.140. The molecule has 0 saturated carbocycles. The Kier molecular flexibility index (Phi) is 4.70. The van der Waals surface area contributed by atoms with Crippen LogP contribution in [0.4, 0.5) is 0 Å². The summed E-state index contributed by atoms with van der Waals surface area (Å²) in [6.45, 7) is 1.01. The number of pyridine rings is 1. The third-order valence-corrected chi connectivity index (χ3v) is 5.36. The summed E-state index contributed by atoms with van der Waals surface area (Å²) in [7, 11) is -2.92. The number of aromatic nitrogens is 2. The number of fused-ring (bicyclic) bond motifs is 1. The maximum atomic E-state index is 11.1. The highest BCUT2D eigenvalue weighted by Crippen LogP contribution is 2.28. The fourth-order valence-electron chi connectivity index (χ4n) is 2.20. The van der Waals surface area contributed by atoms with Gasteiger partial charge in [0.05, 0.1) is 16.1 Å². The van der Waals surface area contributed by atoms with Gasteiger partial charge in [-0.25, -0.2) is 13.4 Å². The first-order valence-electron chi connectivity index (χ1n) is 7.19. The number of nitrogens with one attached hydrogen (secondary N) is 1. The molecule has 0 aliphatic rings. The number of hydrogen-bond donors (Lipinski definition) is 1. The van der Waals surface area contributed by atoms with Crippen LogP contribution in [0.3, 0.4) is 0 Å². The minimum atomic E-state index is -2.92. The molecule has 3 aromatic rings. The van der Waals surface area contributed by atoms with Gasteiger partial charge in [-0.15, -0.1) is 11.3 Å². The van der Waals surface area contributed by atoms with Crippen molar-refractivity contribution in [3.8, 4) is 10.4 Å². The Morgan fingerprint density at radius 3 is 2.91 bits per heavy atom. The molecule has 1 N–H and O–H groups in total. The zero-order chi connectivity index (χ0) is 16.3. The molecule has 7 heteroatoms. The molecule has 0 spiro atoms. The van der Waals surface area contributed by atoms with Crippen molar-refractivity contribution in [3.05, 3.63) is 47.7 Å². The lowest BCUT2D eigenvalue weighted by molar-refractivity contribution is 0.596. The molecule has 0 aliphatic heterocycles. The summed E-state index contributed by atoms with van der Waals surface area (Å²) in [6.07, 6.45) is 4.88. The largest absolute Gasteiger partial charge is 0.309 e. The van der Waals surface area contributed by atoms with Crippen LogP contribution in [-0.4, -0.2) is 36.9 Å². The molecule has 5 nitrogen and oxygen atoms in total. The van der Waals surface area contributed by atoms with E-state index in [1.165, 1.54) is 6.26 Å². The average molecular weight is 347 g/mol. The van der Waals surface area contributed by atoms with Crippen LogP contribution in [0.1, 0.15) is 5.01 Å². The molecule has 0 radical (unpaired) electrons. The van der Waals surface area contributed by atoms with Gasteiger partial charge in [0.25, 0.3) is 0 Å². The van der Waals surface area contributed by atoms with Gasteiger partial charge >= 0.3 is 0 Å². The van der Waals surface area contributed by atoms with E-state index in [2.05, 4.69) is 33.5 Å². The minimum absolute atomic E-state index is 0.140. The molecule has 0 fully saturated rings. The van der Waals surface area contributed by atoms with Gasteiger partial charge in [-0.1, -0.05) is 18.2 Å². The van der Waals surface area contributed by atoms with Crippen molar-refractivity contribution in [2.75, 3.05) is 18.6 Å². The quantitative estimate of drug-likeness (QED) is 0.694. The third-order valence-electron chi connectivity index (χ3n) is 3.37. The molecule has 0 unspecified atom stereocenters.